The summed E-state index contributed by atoms with van der Waals surface area (Å²) in [5, 5.41) is 4.32. The minimum absolute atomic E-state index is 0.408. The zero-order valence-corrected chi connectivity index (χ0v) is 9.56. The summed E-state index contributed by atoms with van der Waals surface area (Å²) in [6.45, 7) is 3.67. The van der Waals surface area contributed by atoms with Gasteiger partial charge in [-0.25, -0.2) is 4.98 Å². The van der Waals surface area contributed by atoms with E-state index in [1.165, 1.54) is 6.20 Å². The van der Waals surface area contributed by atoms with Gasteiger partial charge in [0.25, 0.3) is 5.88 Å². The summed E-state index contributed by atoms with van der Waals surface area (Å²) in [4.78, 5) is 8.97. The molecule has 13 heavy (non-hydrogen) atoms. The van der Waals surface area contributed by atoms with Crippen molar-refractivity contribution in [1.82, 2.24) is 4.98 Å². The van der Waals surface area contributed by atoms with Crippen LogP contribution >= 0.6 is 27.5 Å². The lowest BCUT2D eigenvalue weighted by Gasteiger charge is -2.00. The minimum atomic E-state index is 0.408. The average Bonchev–Trinajstić information content (AvgIpc) is 2.02. The highest BCUT2D eigenvalue weighted by Gasteiger charge is 2.02. The van der Waals surface area contributed by atoms with Gasteiger partial charge in [-0.2, -0.15) is 0 Å². The molecule has 0 aromatic carbocycles. The Labute approximate surface area is 89.9 Å². The molecule has 0 unspecified atom stereocenters. The molecule has 0 radical (unpaired) electrons. The van der Waals surface area contributed by atoms with Crippen molar-refractivity contribution >= 4 is 33.2 Å². The fourth-order valence-electron chi connectivity index (χ4n) is 0.604. The standard InChI is InChI=1S/C8H8BrClN2O/c1-5(2)12-13-8-7(9)3-6(10)4-11-8/h3-4H,1-2H3. The predicted octanol–water partition coefficient (Wildman–Crippen LogP) is 3.27. The van der Waals surface area contributed by atoms with Crippen molar-refractivity contribution in [2.45, 2.75) is 13.8 Å². The molecular formula is C8H8BrClN2O. The molecule has 5 heteroatoms. The van der Waals surface area contributed by atoms with Crippen molar-refractivity contribution in [2.24, 2.45) is 5.16 Å². The van der Waals surface area contributed by atoms with Crippen molar-refractivity contribution < 1.29 is 4.84 Å². The molecule has 1 heterocycles. The lowest BCUT2D eigenvalue weighted by molar-refractivity contribution is 0.324. The Bertz CT molecular complexity index is 337. The first-order valence-electron chi connectivity index (χ1n) is 3.59. The van der Waals surface area contributed by atoms with Gasteiger partial charge < -0.3 is 4.84 Å². The third kappa shape index (κ3) is 3.32. The molecular weight excluding hydrogens is 255 g/mol. The van der Waals surface area contributed by atoms with Crippen molar-refractivity contribution in [1.29, 1.82) is 0 Å². The molecule has 0 bridgehead atoms. The predicted molar refractivity (Wildman–Crippen MR) is 56.4 cm³/mol. The maximum Gasteiger partial charge on any atom is 0.263 e. The summed E-state index contributed by atoms with van der Waals surface area (Å²) in [6.07, 6.45) is 1.50. The van der Waals surface area contributed by atoms with Gasteiger partial charge in [-0.3, -0.25) is 0 Å². The normalized spacial score (nSPS) is 9.54. The van der Waals surface area contributed by atoms with Gasteiger partial charge in [-0.15, -0.1) is 0 Å². The topological polar surface area (TPSA) is 34.5 Å². The molecule has 1 aromatic rings. The van der Waals surface area contributed by atoms with Crippen LogP contribution in [0.2, 0.25) is 5.02 Å². The maximum atomic E-state index is 5.70. The molecule has 1 rings (SSSR count). The quantitative estimate of drug-likeness (QED) is 0.606. The molecule has 0 aliphatic carbocycles. The molecule has 0 saturated heterocycles. The van der Waals surface area contributed by atoms with E-state index in [2.05, 4.69) is 26.1 Å². The maximum absolute atomic E-state index is 5.70. The molecule has 3 nitrogen and oxygen atoms in total. The second-order valence-corrected chi connectivity index (χ2v) is 3.86. The van der Waals surface area contributed by atoms with Gasteiger partial charge in [-0.1, -0.05) is 16.8 Å². The van der Waals surface area contributed by atoms with Gasteiger partial charge in [0.15, 0.2) is 0 Å². The van der Waals surface area contributed by atoms with Crippen LogP contribution in [-0.2, 0) is 0 Å². The smallest absolute Gasteiger partial charge is 0.263 e. The number of aromatic nitrogens is 1. The van der Waals surface area contributed by atoms with Crippen molar-refractivity contribution in [2.75, 3.05) is 0 Å². The number of oxime groups is 1. The highest BCUT2D eigenvalue weighted by molar-refractivity contribution is 9.10. The third-order valence-electron chi connectivity index (χ3n) is 1.09. The van der Waals surface area contributed by atoms with E-state index < -0.39 is 0 Å². The fourth-order valence-corrected chi connectivity index (χ4v) is 1.31. The Hall–Kier alpha value is -0.610. The monoisotopic (exact) mass is 262 g/mol. The van der Waals surface area contributed by atoms with Crippen LogP contribution in [0, 0.1) is 0 Å². The van der Waals surface area contributed by atoms with E-state index >= 15 is 0 Å². The van der Waals surface area contributed by atoms with Gasteiger partial charge in [0, 0.05) is 6.20 Å². The van der Waals surface area contributed by atoms with E-state index in [0.29, 0.717) is 15.4 Å². The Morgan fingerprint density at radius 2 is 2.31 bits per heavy atom. The van der Waals surface area contributed by atoms with E-state index in [0.717, 1.165) is 5.71 Å². The Kier molecular flexibility index (Phi) is 3.69. The number of nitrogens with zero attached hydrogens (tertiary/aromatic N) is 2. The zero-order valence-electron chi connectivity index (χ0n) is 7.21. The van der Waals surface area contributed by atoms with Gasteiger partial charge in [0.1, 0.15) is 0 Å². The Morgan fingerprint density at radius 3 is 2.85 bits per heavy atom. The Morgan fingerprint density at radius 1 is 1.62 bits per heavy atom. The van der Waals surface area contributed by atoms with Crippen LogP contribution in [-0.4, -0.2) is 10.7 Å². The average molecular weight is 264 g/mol. The number of halogens is 2. The van der Waals surface area contributed by atoms with Crippen LogP contribution in [0.1, 0.15) is 13.8 Å². The molecule has 0 aliphatic rings. The fraction of sp³-hybridized carbons (Fsp3) is 0.250. The van der Waals surface area contributed by atoms with E-state index in [1.54, 1.807) is 6.07 Å². The van der Waals surface area contributed by atoms with Gasteiger partial charge >= 0.3 is 0 Å². The molecule has 0 atom stereocenters. The van der Waals surface area contributed by atoms with Crippen LogP contribution in [0.4, 0.5) is 0 Å². The molecule has 0 saturated carbocycles. The molecule has 0 fully saturated rings. The first-order chi connectivity index (χ1) is 6.09. The van der Waals surface area contributed by atoms with Gasteiger partial charge in [-0.05, 0) is 35.8 Å². The minimum Gasteiger partial charge on any atom is -0.335 e. The molecule has 0 N–H and O–H groups in total. The molecule has 0 spiro atoms. The zero-order chi connectivity index (χ0) is 9.84. The SMILES string of the molecule is CC(C)=NOc1ncc(Cl)cc1Br. The van der Waals surface area contributed by atoms with Crippen LogP contribution in [0.15, 0.2) is 21.9 Å². The Balaban J connectivity index is 2.84. The van der Waals surface area contributed by atoms with Crippen LogP contribution in [0.3, 0.4) is 0 Å². The van der Waals surface area contributed by atoms with E-state index in [4.69, 9.17) is 16.4 Å². The number of pyridine rings is 1. The van der Waals surface area contributed by atoms with Crippen LogP contribution < -0.4 is 4.84 Å². The lowest BCUT2D eigenvalue weighted by atomic mass is 10.5. The highest BCUT2D eigenvalue weighted by Crippen LogP contribution is 2.25. The lowest BCUT2D eigenvalue weighted by Crippen LogP contribution is -1.92. The molecule has 0 amide bonds. The van der Waals surface area contributed by atoms with Crippen LogP contribution in [0.5, 0.6) is 5.88 Å². The summed E-state index contributed by atoms with van der Waals surface area (Å²) in [6, 6.07) is 1.70. The largest absolute Gasteiger partial charge is 0.335 e. The highest BCUT2D eigenvalue weighted by atomic mass is 79.9. The summed E-state index contributed by atoms with van der Waals surface area (Å²) >= 11 is 8.95. The summed E-state index contributed by atoms with van der Waals surface area (Å²) in [5.74, 6) is 0.408. The summed E-state index contributed by atoms with van der Waals surface area (Å²) < 4.78 is 0.685. The number of hydrogen-bond acceptors (Lipinski definition) is 3. The van der Waals surface area contributed by atoms with Crippen molar-refractivity contribution in [3.05, 3.63) is 21.8 Å². The van der Waals surface area contributed by atoms with E-state index in [1.807, 2.05) is 13.8 Å². The molecule has 1 aromatic heterocycles. The number of rotatable bonds is 2. The first-order valence-corrected chi connectivity index (χ1v) is 4.76. The summed E-state index contributed by atoms with van der Waals surface area (Å²) in [5.41, 5.74) is 0.823. The van der Waals surface area contributed by atoms with Gasteiger partial charge in [0.05, 0.1) is 15.2 Å². The first kappa shape index (κ1) is 10.5. The van der Waals surface area contributed by atoms with Crippen molar-refractivity contribution in [3.63, 3.8) is 0 Å². The second kappa shape index (κ2) is 4.58. The number of hydrogen-bond donors (Lipinski definition) is 0. The second-order valence-electron chi connectivity index (χ2n) is 2.57. The van der Waals surface area contributed by atoms with Crippen molar-refractivity contribution in [3.8, 4) is 5.88 Å². The van der Waals surface area contributed by atoms with E-state index in [9.17, 15) is 0 Å². The van der Waals surface area contributed by atoms with E-state index in [-0.39, 0.29) is 0 Å². The van der Waals surface area contributed by atoms with Gasteiger partial charge in [0.2, 0.25) is 0 Å². The summed E-state index contributed by atoms with van der Waals surface area (Å²) in [7, 11) is 0. The molecule has 0 aliphatic heterocycles. The van der Waals surface area contributed by atoms with Crippen LogP contribution in [0.25, 0.3) is 0 Å². The molecule has 70 valence electrons. The third-order valence-corrected chi connectivity index (χ3v) is 1.86.